The summed E-state index contributed by atoms with van der Waals surface area (Å²) in [5.41, 5.74) is 0. The molecule has 1 aliphatic carbocycles. The SMILES string of the molecule is CSC1(CNC(=O)NC(CC(C)C)C(=O)O)CCCC1. The van der Waals surface area contributed by atoms with Gasteiger partial charge in [-0.25, -0.2) is 9.59 Å². The third kappa shape index (κ3) is 5.23. The minimum atomic E-state index is -0.978. The second-order valence-electron chi connectivity index (χ2n) is 5.94. The van der Waals surface area contributed by atoms with Gasteiger partial charge in [-0.15, -0.1) is 0 Å². The monoisotopic (exact) mass is 302 g/mol. The molecule has 2 amide bonds. The average molecular weight is 302 g/mol. The quantitative estimate of drug-likeness (QED) is 0.675. The number of carboxylic acids is 1. The first-order chi connectivity index (χ1) is 9.38. The van der Waals surface area contributed by atoms with Gasteiger partial charge in [-0.3, -0.25) is 0 Å². The lowest BCUT2D eigenvalue weighted by molar-refractivity contribution is -0.139. The van der Waals surface area contributed by atoms with Gasteiger partial charge in [0.05, 0.1) is 0 Å². The van der Waals surface area contributed by atoms with E-state index in [1.807, 2.05) is 13.8 Å². The van der Waals surface area contributed by atoms with Crippen molar-refractivity contribution in [3.63, 3.8) is 0 Å². The summed E-state index contributed by atoms with van der Waals surface area (Å²) >= 11 is 1.80. The van der Waals surface area contributed by atoms with Crippen molar-refractivity contribution in [2.45, 2.75) is 56.7 Å². The smallest absolute Gasteiger partial charge is 0.326 e. The fraction of sp³-hybridized carbons (Fsp3) is 0.857. The van der Waals surface area contributed by atoms with E-state index in [0.29, 0.717) is 13.0 Å². The molecule has 0 bridgehead atoms. The van der Waals surface area contributed by atoms with Crippen LogP contribution in [0.1, 0.15) is 46.0 Å². The highest BCUT2D eigenvalue weighted by atomic mass is 32.2. The summed E-state index contributed by atoms with van der Waals surface area (Å²) in [7, 11) is 0. The minimum absolute atomic E-state index is 0.133. The maximum absolute atomic E-state index is 11.9. The zero-order valence-corrected chi connectivity index (χ0v) is 13.4. The topological polar surface area (TPSA) is 78.4 Å². The summed E-state index contributed by atoms with van der Waals surface area (Å²) in [5.74, 6) is -0.752. The molecule has 116 valence electrons. The van der Waals surface area contributed by atoms with Crippen LogP contribution in [0.4, 0.5) is 4.79 Å². The molecule has 1 saturated carbocycles. The van der Waals surface area contributed by atoms with Crippen molar-refractivity contribution in [2.24, 2.45) is 5.92 Å². The summed E-state index contributed by atoms with van der Waals surface area (Å²) in [5, 5.41) is 14.5. The van der Waals surface area contributed by atoms with Crippen LogP contribution in [-0.4, -0.2) is 40.7 Å². The largest absolute Gasteiger partial charge is 0.480 e. The summed E-state index contributed by atoms with van der Waals surface area (Å²) in [6.07, 6.45) is 7.15. The molecule has 0 aliphatic heterocycles. The molecule has 0 saturated heterocycles. The van der Waals surface area contributed by atoms with Gasteiger partial charge in [0, 0.05) is 11.3 Å². The van der Waals surface area contributed by atoms with Gasteiger partial charge in [-0.2, -0.15) is 11.8 Å². The Morgan fingerprint density at radius 1 is 1.30 bits per heavy atom. The first-order valence-corrected chi connectivity index (χ1v) is 8.43. The van der Waals surface area contributed by atoms with Crippen molar-refractivity contribution in [1.29, 1.82) is 0 Å². The molecule has 6 heteroatoms. The highest BCUT2D eigenvalue weighted by molar-refractivity contribution is 8.00. The molecule has 3 N–H and O–H groups in total. The lowest BCUT2D eigenvalue weighted by atomic mass is 10.0. The van der Waals surface area contributed by atoms with Crippen molar-refractivity contribution < 1.29 is 14.7 Å². The third-order valence-corrected chi connectivity index (χ3v) is 5.25. The van der Waals surface area contributed by atoms with Crippen molar-refractivity contribution in [3.05, 3.63) is 0 Å². The van der Waals surface area contributed by atoms with E-state index < -0.39 is 12.0 Å². The van der Waals surface area contributed by atoms with E-state index in [4.69, 9.17) is 5.11 Å². The summed E-state index contributed by atoms with van der Waals surface area (Å²) in [6.45, 7) is 4.49. The predicted molar refractivity (Wildman–Crippen MR) is 82.1 cm³/mol. The van der Waals surface area contributed by atoms with E-state index in [2.05, 4.69) is 16.9 Å². The van der Waals surface area contributed by atoms with E-state index in [0.717, 1.165) is 12.8 Å². The van der Waals surface area contributed by atoms with Crippen molar-refractivity contribution in [3.8, 4) is 0 Å². The summed E-state index contributed by atoms with van der Waals surface area (Å²) in [4.78, 5) is 23.0. The molecule has 0 aromatic carbocycles. The Bertz CT molecular complexity index is 341. The molecule has 0 heterocycles. The summed E-state index contributed by atoms with van der Waals surface area (Å²) in [6, 6.07) is -1.19. The zero-order valence-electron chi connectivity index (χ0n) is 12.6. The number of rotatable bonds is 7. The van der Waals surface area contributed by atoms with Gasteiger partial charge >= 0.3 is 12.0 Å². The van der Waals surface area contributed by atoms with Gasteiger partial charge in [0.25, 0.3) is 0 Å². The number of carboxylic acid groups (broad SMARTS) is 1. The Morgan fingerprint density at radius 2 is 1.90 bits per heavy atom. The van der Waals surface area contributed by atoms with E-state index >= 15 is 0 Å². The standard InChI is InChI=1S/C14H26N2O3S/c1-10(2)8-11(12(17)18)16-13(19)15-9-14(20-3)6-4-5-7-14/h10-11H,4-9H2,1-3H3,(H,17,18)(H2,15,16,19). The molecule has 5 nitrogen and oxygen atoms in total. The van der Waals surface area contributed by atoms with Crippen LogP contribution in [0.3, 0.4) is 0 Å². The third-order valence-electron chi connectivity index (χ3n) is 3.83. The fourth-order valence-corrected chi connectivity index (χ4v) is 3.53. The van der Waals surface area contributed by atoms with Crippen LogP contribution in [0.25, 0.3) is 0 Å². The molecule has 1 atom stereocenters. The Hall–Kier alpha value is -0.910. The van der Waals surface area contributed by atoms with Crippen LogP contribution >= 0.6 is 11.8 Å². The zero-order chi connectivity index (χ0) is 15.2. The van der Waals surface area contributed by atoms with E-state index in [9.17, 15) is 9.59 Å². The molecule has 20 heavy (non-hydrogen) atoms. The molecule has 1 fully saturated rings. The van der Waals surface area contributed by atoms with Crippen LogP contribution in [-0.2, 0) is 4.79 Å². The van der Waals surface area contributed by atoms with Crippen molar-refractivity contribution >= 4 is 23.8 Å². The normalized spacial score (nSPS) is 18.8. The number of urea groups is 1. The van der Waals surface area contributed by atoms with Crippen LogP contribution in [0.5, 0.6) is 0 Å². The van der Waals surface area contributed by atoms with Crippen LogP contribution in [0.15, 0.2) is 0 Å². The second kappa shape index (κ2) is 7.76. The van der Waals surface area contributed by atoms with E-state index in [-0.39, 0.29) is 16.7 Å². The first kappa shape index (κ1) is 17.1. The predicted octanol–water partition coefficient (Wildman–Crippen LogP) is 2.46. The summed E-state index contributed by atoms with van der Waals surface area (Å²) < 4.78 is 0.133. The van der Waals surface area contributed by atoms with Crippen LogP contribution in [0.2, 0.25) is 0 Å². The molecule has 1 aliphatic rings. The Morgan fingerprint density at radius 3 is 2.35 bits per heavy atom. The highest BCUT2D eigenvalue weighted by Gasteiger charge is 2.33. The van der Waals surface area contributed by atoms with Gasteiger partial charge in [0.2, 0.25) is 0 Å². The number of aliphatic carboxylic acids is 1. The maximum Gasteiger partial charge on any atom is 0.326 e. The molecule has 0 spiro atoms. The van der Waals surface area contributed by atoms with E-state index in [1.54, 1.807) is 11.8 Å². The Labute approximate surface area is 125 Å². The van der Waals surface area contributed by atoms with Crippen molar-refractivity contribution in [2.75, 3.05) is 12.8 Å². The van der Waals surface area contributed by atoms with Crippen LogP contribution in [0, 0.1) is 5.92 Å². The lowest BCUT2D eigenvalue weighted by Crippen LogP contribution is -2.49. The second-order valence-corrected chi connectivity index (χ2v) is 7.22. The van der Waals surface area contributed by atoms with E-state index in [1.165, 1.54) is 12.8 Å². The number of thioether (sulfide) groups is 1. The highest BCUT2D eigenvalue weighted by Crippen LogP contribution is 2.39. The Balaban J connectivity index is 2.43. The van der Waals surface area contributed by atoms with Gasteiger partial charge in [0.1, 0.15) is 6.04 Å². The van der Waals surface area contributed by atoms with Gasteiger partial charge in [0.15, 0.2) is 0 Å². The molecule has 0 radical (unpaired) electrons. The number of nitrogens with one attached hydrogen (secondary N) is 2. The Kier molecular flexibility index (Phi) is 6.65. The molecule has 0 aromatic heterocycles. The van der Waals surface area contributed by atoms with Crippen LogP contribution < -0.4 is 10.6 Å². The first-order valence-electron chi connectivity index (χ1n) is 7.21. The number of carbonyl (C=O) groups excluding carboxylic acids is 1. The molecule has 1 rings (SSSR count). The molecule has 0 aromatic rings. The fourth-order valence-electron chi connectivity index (χ4n) is 2.62. The maximum atomic E-state index is 11.9. The lowest BCUT2D eigenvalue weighted by Gasteiger charge is -2.27. The molecule has 1 unspecified atom stereocenters. The molecular weight excluding hydrogens is 276 g/mol. The number of amides is 2. The van der Waals surface area contributed by atoms with Crippen molar-refractivity contribution in [1.82, 2.24) is 10.6 Å². The molecular formula is C14H26N2O3S. The van der Waals surface area contributed by atoms with Gasteiger partial charge in [-0.05, 0) is 31.4 Å². The van der Waals surface area contributed by atoms with Gasteiger partial charge < -0.3 is 15.7 Å². The minimum Gasteiger partial charge on any atom is -0.480 e. The number of hydrogen-bond donors (Lipinski definition) is 3. The van der Waals surface area contributed by atoms with Gasteiger partial charge in [-0.1, -0.05) is 26.7 Å². The number of carbonyl (C=O) groups is 2. The average Bonchev–Trinajstić information content (AvgIpc) is 2.84. The number of hydrogen-bond acceptors (Lipinski definition) is 3.